The Kier molecular flexibility index (Phi) is 5.13. The van der Waals surface area contributed by atoms with Gasteiger partial charge in [0.05, 0.1) is 41.9 Å². The second-order valence-electron chi connectivity index (χ2n) is 7.71. The largest absolute Gasteiger partial charge is 0.469 e. The summed E-state index contributed by atoms with van der Waals surface area (Å²) in [4.78, 5) is 32.8. The van der Waals surface area contributed by atoms with E-state index < -0.39 is 0 Å². The highest BCUT2D eigenvalue weighted by atomic mass is 16.5. The number of rotatable bonds is 3. The molecule has 2 heterocycles. The summed E-state index contributed by atoms with van der Waals surface area (Å²) >= 11 is 0. The monoisotopic (exact) mass is 394 g/mol. The van der Waals surface area contributed by atoms with Crippen molar-refractivity contribution in [1.29, 1.82) is 0 Å². The number of anilines is 4. The maximum absolute atomic E-state index is 12.9. The van der Waals surface area contributed by atoms with Crippen LogP contribution in [0.1, 0.15) is 36.0 Å². The van der Waals surface area contributed by atoms with E-state index in [1.807, 2.05) is 42.3 Å². The number of para-hydroxylation sites is 1. The SMILES string of the molecule is COC(=O)[C@H]1CC[C@H](Nc2cc3c(cn2)N(C)C(=O)c2ccccc2N3C)CC1. The molecule has 7 heteroatoms. The molecule has 2 aliphatic rings. The second-order valence-corrected chi connectivity index (χ2v) is 7.71. The Balaban J connectivity index is 1.57. The van der Waals surface area contributed by atoms with Crippen LogP contribution in [-0.4, -0.2) is 44.1 Å². The molecule has 7 nitrogen and oxygen atoms in total. The maximum atomic E-state index is 12.9. The lowest BCUT2D eigenvalue weighted by Crippen LogP contribution is -2.30. The molecule has 0 atom stereocenters. The summed E-state index contributed by atoms with van der Waals surface area (Å²) in [7, 11) is 5.19. The van der Waals surface area contributed by atoms with Gasteiger partial charge in [0.25, 0.3) is 5.91 Å². The number of fused-ring (bicyclic) bond motifs is 2. The Labute approximate surface area is 170 Å². The Morgan fingerprint density at radius 2 is 1.79 bits per heavy atom. The van der Waals surface area contributed by atoms with Crippen LogP contribution in [0.25, 0.3) is 0 Å². The first-order chi connectivity index (χ1) is 14.0. The third-order valence-corrected chi connectivity index (χ3v) is 6.00. The summed E-state index contributed by atoms with van der Waals surface area (Å²) in [5.41, 5.74) is 3.24. The number of ether oxygens (including phenoxy) is 1. The van der Waals surface area contributed by atoms with Crippen LogP contribution in [-0.2, 0) is 9.53 Å². The van der Waals surface area contributed by atoms with Crippen molar-refractivity contribution in [1.82, 2.24) is 4.98 Å². The summed E-state index contributed by atoms with van der Waals surface area (Å²) in [6, 6.07) is 9.89. The Morgan fingerprint density at radius 3 is 2.52 bits per heavy atom. The molecule has 0 saturated heterocycles. The van der Waals surface area contributed by atoms with Crippen LogP contribution in [0.4, 0.5) is 22.9 Å². The Hall–Kier alpha value is -3.09. The van der Waals surface area contributed by atoms with E-state index in [9.17, 15) is 9.59 Å². The summed E-state index contributed by atoms with van der Waals surface area (Å²) in [5, 5.41) is 3.51. The van der Waals surface area contributed by atoms with Crippen LogP contribution in [0.15, 0.2) is 36.5 Å². The predicted molar refractivity (Wildman–Crippen MR) is 113 cm³/mol. The van der Waals surface area contributed by atoms with Crippen LogP contribution in [0, 0.1) is 5.92 Å². The number of methoxy groups -OCH3 is 1. The lowest BCUT2D eigenvalue weighted by molar-refractivity contribution is -0.146. The van der Waals surface area contributed by atoms with Crippen molar-refractivity contribution in [3.05, 3.63) is 42.1 Å². The highest BCUT2D eigenvalue weighted by molar-refractivity contribution is 6.13. The highest BCUT2D eigenvalue weighted by Crippen LogP contribution is 2.40. The van der Waals surface area contributed by atoms with E-state index in [0.29, 0.717) is 5.56 Å². The average molecular weight is 394 g/mol. The molecular weight excluding hydrogens is 368 g/mol. The van der Waals surface area contributed by atoms with E-state index in [0.717, 1.165) is 48.6 Å². The number of benzene rings is 1. The van der Waals surface area contributed by atoms with E-state index in [1.165, 1.54) is 7.11 Å². The number of pyridine rings is 1. The topological polar surface area (TPSA) is 74.8 Å². The fourth-order valence-corrected chi connectivity index (χ4v) is 4.26. The van der Waals surface area contributed by atoms with Crippen molar-refractivity contribution in [2.75, 3.05) is 36.3 Å². The summed E-state index contributed by atoms with van der Waals surface area (Å²) in [5.74, 6) is 0.618. The number of carbonyl (C=O) groups excluding carboxylic acids is 2. The number of aromatic nitrogens is 1. The smallest absolute Gasteiger partial charge is 0.308 e. The van der Waals surface area contributed by atoms with Gasteiger partial charge >= 0.3 is 5.97 Å². The third kappa shape index (κ3) is 3.52. The van der Waals surface area contributed by atoms with E-state index in [1.54, 1.807) is 18.1 Å². The van der Waals surface area contributed by atoms with Crippen molar-refractivity contribution in [2.45, 2.75) is 31.7 Å². The minimum Gasteiger partial charge on any atom is -0.469 e. The van der Waals surface area contributed by atoms with Crippen molar-refractivity contribution in [3.63, 3.8) is 0 Å². The molecule has 0 radical (unpaired) electrons. The van der Waals surface area contributed by atoms with Gasteiger partial charge in [0.1, 0.15) is 5.82 Å². The van der Waals surface area contributed by atoms with Crippen molar-refractivity contribution in [3.8, 4) is 0 Å². The molecule has 29 heavy (non-hydrogen) atoms. The zero-order chi connectivity index (χ0) is 20.5. The van der Waals surface area contributed by atoms with Gasteiger partial charge in [-0.05, 0) is 37.8 Å². The van der Waals surface area contributed by atoms with E-state index in [-0.39, 0.29) is 23.8 Å². The predicted octanol–water partition coefficient (Wildman–Crippen LogP) is 3.58. The first-order valence-electron chi connectivity index (χ1n) is 9.94. The quantitative estimate of drug-likeness (QED) is 0.802. The van der Waals surface area contributed by atoms with Crippen LogP contribution < -0.4 is 15.1 Å². The molecule has 1 aromatic carbocycles. The molecule has 1 aliphatic heterocycles. The number of carbonyl (C=O) groups is 2. The van der Waals surface area contributed by atoms with Crippen LogP contribution in [0.3, 0.4) is 0 Å². The van der Waals surface area contributed by atoms with Crippen LogP contribution in [0.2, 0.25) is 0 Å². The molecule has 152 valence electrons. The Morgan fingerprint density at radius 1 is 1.07 bits per heavy atom. The molecule has 4 rings (SSSR count). The lowest BCUT2D eigenvalue weighted by Gasteiger charge is -2.29. The molecule has 1 fully saturated rings. The molecule has 1 amide bonds. The molecule has 1 aromatic heterocycles. The summed E-state index contributed by atoms with van der Waals surface area (Å²) < 4.78 is 4.87. The van der Waals surface area contributed by atoms with Crippen molar-refractivity contribution in [2.24, 2.45) is 5.92 Å². The molecule has 0 spiro atoms. The van der Waals surface area contributed by atoms with Gasteiger partial charge in [-0.3, -0.25) is 9.59 Å². The van der Waals surface area contributed by atoms with Gasteiger partial charge in [0.15, 0.2) is 0 Å². The van der Waals surface area contributed by atoms with Crippen LogP contribution >= 0.6 is 0 Å². The van der Waals surface area contributed by atoms with E-state index >= 15 is 0 Å². The van der Waals surface area contributed by atoms with Gasteiger partial charge in [-0.1, -0.05) is 12.1 Å². The number of amides is 1. The molecule has 1 N–H and O–H groups in total. The van der Waals surface area contributed by atoms with Gasteiger partial charge in [-0.25, -0.2) is 4.98 Å². The first kappa shape index (κ1) is 19.2. The normalized spacial score (nSPS) is 21.1. The number of nitrogens with one attached hydrogen (secondary N) is 1. The molecule has 0 bridgehead atoms. The van der Waals surface area contributed by atoms with Gasteiger partial charge in [-0.2, -0.15) is 0 Å². The average Bonchev–Trinajstić information content (AvgIpc) is 2.84. The van der Waals surface area contributed by atoms with E-state index in [2.05, 4.69) is 10.3 Å². The van der Waals surface area contributed by atoms with Crippen molar-refractivity contribution >= 4 is 34.8 Å². The fraction of sp³-hybridized carbons (Fsp3) is 0.409. The molecule has 0 unspecified atom stereocenters. The second kappa shape index (κ2) is 7.73. The Bertz CT molecular complexity index is 937. The molecule has 1 saturated carbocycles. The third-order valence-electron chi connectivity index (χ3n) is 6.00. The highest BCUT2D eigenvalue weighted by Gasteiger charge is 2.29. The number of nitrogens with zero attached hydrogens (tertiary/aromatic N) is 3. The lowest BCUT2D eigenvalue weighted by atomic mass is 9.86. The minimum atomic E-state index is -0.111. The van der Waals surface area contributed by atoms with Crippen LogP contribution in [0.5, 0.6) is 0 Å². The zero-order valence-electron chi connectivity index (χ0n) is 17.0. The minimum absolute atomic E-state index is 0.000325. The first-order valence-corrected chi connectivity index (χ1v) is 9.94. The molecule has 1 aliphatic carbocycles. The summed E-state index contributed by atoms with van der Waals surface area (Å²) in [6.45, 7) is 0. The zero-order valence-corrected chi connectivity index (χ0v) is 17.0. The molecule has 2 aromatic rings. The van der Waals surface area contributed by atoms with Gasteiger partial charge in [0.2, 0.25) is 0 Å². The van der Waals surface area contributed by atoms with Gasteiger partial charge in [-0.15, -0.1) is 0 Å². The number of hydrogen-bond donors (Lipinski definition) is 1. The van der Waals surface area contributed by atoms with Gasteiger partial charge in [0, 0.05) is 26.2 Å². The number of esters is 1. The van der Waals surface area contributed by atoms with E-state index in [4.69, 9.17) is 4.74 Å². The molecular formula is C22H26N4O3. The van der Waals surface area contributed by atoms with Gasteiger partial charge < -0.3 is 19.9 Å². The fourth-order valence-electron chi connectivity index (χ4n) is 4.26. The number of hydrogen-bond acceptors (Lipinski definition) is 6. The maximum Gasteiger partial charge on any atom is 0.308 e. The van der Waals surface area contributed by atoms with Crippen molar-refractivity contribution < 1.29 is 14.3 Å². The summed E-state index contributed by atoms with van der Waals surface area (Å²) in [6.07, 6.45) is 5.18. The standard InChI is InChI=1S/C22H26N4O3/c1-25-17-7-5-4-6-16(17)21(27)26(2)19-13-23-20(12-18(19)25)24-15-10-8-14(9-11-15)22(28)29-3/h4-7,12-15H,8-11H2,1-3H3,(H,23,24)/t14-,15-.